The van der Waals surface area contributed by atoms with Crippen LogP contribution >= 0.6 is 15.9 Å². The third-order valence-electron chi connectivity index (χ3n) is 4.08. The molecule has 0 saturated heterocycles. The summed E-state index contributed by atoms with van der Waals surface area (Å²) in [6.45, 7) is 2.27. The Kier molecular flexibility index (Phi) is 22.9. The molecule has 0 amide bonds. The van der Waals surface area contributed by atoms with Crippen LogP contribution in [0.3, 0.4) is 0 Å². The predicted octanol–water partition coefficient (Wildman–Crippen LogP) is 6.06. The van der Waals surface area contributed by atoms with E-state index in [9.17, 15) is 4.79 Å². The van der Waals surface area contributed by atoms with Gasteiger partial charge in [-0.25, -0.2) is 0 Å². The van der Waals surface area contributed by atoms with E-state index in [4.69, 9.17) is 5.11 Å². The molecule has 0 spiro atoms. The van der Waals surface area contributed by atoms with Gasteiger partial charge in [0.2, 0.25) is 0 Å². The molecule has 0 aliphatic carbocycles. The first-order valence-electron chi connectivity index (χ1n) is 9.05. The van der Waals surface area contributed by atoms with Crippen LogP contribution in [0.2, 0.25) is 0 Å². The average molecular weight is 387 g/mol. The molecule has 0 rings (SSSR count). The summed E-state index contributed by atoms with van der Waals surface area (Å²) in [6.07, 6.45) is 19.5. The number of hydrogen-bond donors (Lipinski definition) is 1. The molecule has 0 bridgehead atoms. The molecule has 2 nitrogen and oxygen atoms in total. The van der Waals surface area contributed by atoms with Gasteiger partial charge in [-0.15, -0.1) is 0 Å². The molecule has 0 saturated carbocycles. The summed E-state index contributed by atoms with van der Waals surface area (Å²) in [5, 5.41) is 8.74. The van der Waals surface area contributed by atoms with E-state index in [2.05, 4.69) is 22.9 Å². The second-order valence-electron chi connectivity index (χ2n) is 6.19. The minimum atomic E-state index is -0.732. The third kappa shape index (κ3) is 19.0. The first-order valence-corrected chi connectivity index (χ1v) is 9.97. The first kappa shape index (κ1) is 25.2. The number of hydrogen-bond acceptors (Lipinski definition) is 1. The normalized spacial score (nSPS) is 11.9. The number of carboxylic acids is 1. The Balaban J connectivity index is 0. The number of unbranched alkanes of at least 4 members (excludes halogenated alkanes) is 13. The molecular weight excluding hydrogens is 351 g/mol. The van der Waals surface area contributed by atoms with Crippen molar-refractivity contribution in [3.8, 4) is 0 Å². The van der Waals surface area contributed by atoms with Gasteiger partial charge in [-0.3, -0.25) is 4.79 Å². The van der Waals surface area contributed by atoms with Crippen LogP contribution in [-0.2, 0) is 4.79 Å². The number of alkyl halides is 1. The van der Waals surface area contributed by atoms with Crippen LogP contribution in [0.25, 0.3) is 0 Å². The van der Waals surface area contributed by atoms with E-state index < -0.39 is 5.97 Å². The van der Waals surface area contributed by atoms with E-state index in [0.29, 0.717) is 0 Å². The number of aliphatic carboxylic acids is 1. The molecule has 0 aliphatic heterocycles. The molecule has 0 aromatic heterocycles. The molecule has 4 heteroatoms. The average Bonchev–Trinajstić information content (AvgIpc) is 2.47. The van der Waals surface area contributed by atoms with E-state index in [-0.39, 0.29) is 34.4 Å². The number of carboxylic acid groups (broad SMARTS) is 1. The van der Waals surface area contributed by atoms with E-state index >= 15 is 0 Å². The van der Waals surface area contributed by atoms with Gasteiger partial charge in [-0.2, -0.15) is 0 Å². The zero-order valence-electron chi connectivity index (χ0n) is 13.9. The van der Waals surface area contributed by atoms with E-state index in [1.54, 1.807) is 0 Å². The van der Waals surface area contributed by atoms with Gasteiger partial charge >= 0.3 is 35.5 Å². The molecule has 0 aliphatic rings. The Hall–Kier alpha value is 0.950. The van der Waals surface area contributed by atoms with Crippen molar-refractivity contribution in [2.24, 2.45) is 0 Å². The monoisotopic (exact) mass is 386 g/mol. The van der Waals surface area contributed by atoms with Crippen molar-refractivity contribution >= 4 is 51.5 Å². The quantitative estimate of drug-likeness (QED) is 0.199. The van der Waals surface area contributed by atoms with E-state index in [0.717, 1.165) is 12.8 Å². The van der Waals surface area contributed by atoms with Crippen LogP contribution in [-0.4, -0.2) is 45.5 Å². The molecule has 0 aromatic rings. The maximum absolute atomic E-state index is 10.6. The van der Waals surface area contributed by atoms with Crippen LogP contribution in [0.1, 0.15) is 103 Å². The third-order valence-corrected chi connectivity index (χ3v) is 4.93. The van der Waals surface area contributed by atoms with Crippen molar-refractivity contribution in [3.05, 3.63) is 0 Å². The van der Waals surface area contributed by atoms with Crippen molar-refractivity contribution in [2.45, 2.75) is 108 Å². The topological polar surface area (TPSA) is 37.3 Å². The molecule has 0 fully saturated rings. The summed E-state index contributed by atoms with van der Waals surface area (Å²) in [5.41, 5.74) is 0. The van der Waals surface area contributed by atoms with Gasteiger partial charge in [-0.1, -0.05) is 113 Å². The fourth-order valence-corrected chi connectivity index (χ4v) is 2.97. The molecule has 1 unspecified atom stereocenters. The summed E-state index contributed by atoms with van der Waals surface area (Å²) >= 11 is 3.18. The number of carbonyl (C=O) groups is 1. The van der Waals surface area contributed by atoms with Crippen molar-refractivity contribution < 1.29 is 9.90 Å². The van der Waals surface area contributed by atoms with Gasteiger partial charge in [0.15, 0.2) is 0 Å². The van der Waals surface area contributed by atoms with Crippen LogP contribution in [0.5, 0.6) is 0 Å². The van der Waals surface area contributed by atoms with Crippen molar-refractivity contribution in [1.82, 2.24) is 0 Å². The summed E-state index contributed by atoms with van der Waals surface area (Å²) < 4.78 is 0. The molecule has 1 N–H and O–H groups in total. The van der Waals surface area contributed by atoms with E-state index in [1.807, 2.05) is 0 Å². The first-order chi connectivity index (χ1) is 10.2. The van der Waals surface area contributed by atoms with Crippen LogP contribution in [0, 0.1) is 0 Å². The fraction of sp³-hybridized carbons (Fsp3) is 0.944. The zero-order valence-corrected chi connectivity index (χ0v) is 15.5. The van der Waals surface area contributed by atoms with Crippen molar-refractivity contribution in [3.63, 3.8) is 0 Å². The second-order valence-corrected chi connectivity index (χ2v) is 7.30. The standard InChI is InChI=1S/C18H35BrO2.Na.H/c1-2-3-4-5-6-7-8-9-10-11-12-13-14-15-16-17(19)18(20)21;;/h17H,2-16H2,1H3,(H,20,21);;. The zero-order chi connectivity index (χ0) is 15.8. The van der Waals surface area contributed by atoms with Gasteiger partial charge in [0.25, 0.3) is 0 Å². The van der Waals surface area contributed by atoms with Crippen molar-refractivity contribution in [2.75, 3.05) is 0 Å². The molecule has 0 radical (unpaired) electrons. The fourth-order valence-electron chi connectivity index (χ4n) is 2.64. The Morgan fingerprint density at radius 3 is 1.41 bits per heavy atom. The Labute approximate surface area is 168 Å². The Morgan fingerprint density at radius 2 is 1.09 bits per heavy atom. The van der Waals surface area contributed by atoms with E-state index in [1.165, 1.54) is 83.5 Å². The van der Waals surface area contributed by atoms with Crippen molar-refractivity contribution in [1.29, 1.82) is 0 Å². The van der Waals surface area contributed by atoms with Crippen LogP contribution in [0.15, 0.2) is 0 Å². The summed E-state index contributed by atoms with van der Waals surface area (Å²) in [6, 6.07) is 0. The second kappa shape index (κ2) is 20.0. The number of rotatable bonds is 16. The van der Waals surface area contributed by atoms with Gasteiger partial charge < -0.3 is 5.11 Å². The molecule has 0 aromatic carbocycles. The van der Waals surface area contributed by atoms with Gasteiger partial charge in [0, 0.05) is 0 Å². The van der Waals surface area contributed by atoms with Gasteiger partial charge in [0.1, 0.15) is 4.83 Å². The Bertz CT molecular complexity index is 237. The Morgan fingerprint density at radius 1 is 0.773 bits per heavy atom. The molecule has 1 atom stereocenters. The molecular formula is C18H36BrNaO2. The van der Waals surface area contributed by atoms with Gasteiger partial charge in [0.05, 0.1) is 0 Å². The summed E-state index contributed by atoms with van der Waals surface area (Å²) in [5.74, 6) is -0.732. The minimum absolute atomic E-state index is 0. The van der Waals surface area contributed by atoms with Gasteiger partial charge in [-0.05, 0) is 6.42 Å². The molecule has 128 valence electrons. The summed E-state index contributed by atoms with van der Waals surface area (Å²) in [7, 11) is 0. The predicted molar refractivity (Wildman–Crippen MR) is 102 cm³/mol. The van der Waals surface area contributed by atoms with Crippen LogP contribution < -0.4 is 0 Å². The summed E-state index contributed by atoms with van der Waals surface area (Å²) in [4.78, 5) is 10.3. The SMILES string of the molecule is CCCCCCCCCCCCCCCCC(Br)C(=O)O.[NaH]. The molecule has 22 heavy (non-hydrogen) atoms. The molecule has 0 heterocycles. The van der Waals surface area contributed by atoms with Crippen LogP contribution in [0.4, 0.5) is 0 Å². The maximum atomic E-state index is 10.6. The number of halogens is 1.